The second-order valence-corrected chi connectivity index (χ2v) is 5.55. The fraction of sp³-hybridized carbons (Fsp3) is 0.133. The highest BCUT2D eigenvalue weighted by atomic mass is 79.9. The summed E-state index contributed by atoms with van der Waals surface area (Å²) in [5.74, 6) is -0.687. The number of benzene rings is 2. The molecule has 1 amide bonds. The number of rotatable bonds is 3. The summed E-state index contributed by atoms with van der Waals surface area (Å²) in [6.45, 7) is 1.72. The molecule has 20 heavy (non-hydrogen) atoms. The maximum Gasteiger partial charge on any atom is 0.253 e. The van der Waals surface area contributed by atoms with Crippen LogP contribution in [-0.2, 0) is 0 Å². The van der Waals surface area contributed by atoms with E-state index < -0.39 is 6.04 Å². The number of hydrogen-bond donors (Lipinski definition) is 1. The molecule has 5 heteroatoms. The van der Waals surface area contributed by atoms with Crippen LogP contribution in [-0.4, -0.2) is 5.91 Å². The lowest BCUT2D eigenvalue weighted by Gasteiger charge is -2.15. The van der Waals surface area contributed by atoms with Crippen molar-refractivity contribution < 1.29 is 9.18 Å². The van der Waals surface area contributed by atoms with Gasteiger partial charge in [0.1, 0.15) is 5.82 Å². The Morgan fingerprint density at radius 3 is 2.65 bits per heavy atom. The Morgan fingerprint density at radius 2 is 1.95 bits per heavy atom. The largest absolute Gasteiger partial charge is 0.345 e. The summed E-state index contributed by atoms with van der Waals surface area (Å²) in [6.07, 6.45) is 0. The van der Waals surface area contributed by atoms with Gasteiger partial charge in [0.25, 0.3) is 5.91 Å². The average molecular weight is 357 g/mol. The molecule has 0 spiro atoms. The third-order valence-electron chi connectivity index (χ3n) is 2.92. The van der Waals surface area contributed by atoms with Crippen molar-refractivity contribution in [2.45, 2.75) is 13.0 Å². The molecule has 1 unspecified atom stereocenters. The number of amides is 1. The molecule has 0 heterocycles. The SMILES string of the molecule is CC(NC(=O)c1cccc(Br)c1Cl)c1ccccc1F. The topological polar surface area (TPSA) is 29.1 Å². The van der Waals surface area contributed by atoms with E-state index in [1.807, 2.05) is 0 Å². The lowest BCUT2D eigenvalue weighted by molar-refractivity contribution is 0.0939. The maximum absolute atomic E-state index is 13.7. The van der Waals surface area contributed by atoms with Gasteiger partial charge in [0.05, 0.1) is 16.6 Å². The second-order valence-electron chi connectivity index (χ2n) is 4.32. The first-order chi connectivity index (χ1) is 9.50. The van der Waals surface area contributed by atoms with E-state index >= 15 is 0 Å². The first-order valence-electron chi connectivity index (χ1n) is 6.00. The molecule has 0 aliphatic carbocycles. The molecule has 0 radical (unpaired) electrons. The standard InChI is InChI=1S/C15H12BrClFNO/c1-9(10-5-2-3-8-13(10)18)19-15(20)11-6-4-7-12(16)14(11)17/h2-9H,1H3,(H,19,20). The van der Waals surface area contributed by atoms with Crippen molar-refractivity contribution in [1.82, 2.24) is 5.32 Å². The van der Waals surface area contributed by atoms with E-state index in [-0.39, 0.29) is 11.7 Å². The molecule has 0 fully saturated rings. The van der Waals surface area contributed by atoms with E-state index in [1.54, 1.807) is 43.3 Å². The van der Waals surface area contributed by atoms with Gasteiger partial charge in [-0.3, -0.25) is 4.79 Å². The molecule has 0 aliphatic heterocycles. The normalized spacial score (nSPS) is 12.0. The predicted molar refractivity (Wildman–Crippen MR) is 81.4 cm³/mol. The molecular formula is C15H12BrClFNO. The molecular weight excluding hydrogens is 345 g/mol. The van der Waals surface area contributed by atoms with Crippen molar-refractivity contribution in [2.24, 2.45) is 0 Å². The highest BCUT2D eigenvalue weighted by Gasteiger charge is 2.17. The predicted octanol–water partition coefficient (Wildman–Crippen LogP) is 4.73. The van der Waals surface area contributed by atoms with Crippen molar-refractivity contribution in [2.75, 3.05) is 0 Å². The van der Waals surface area contributed by atoms with Crippen molar-refractivity contribution in [3.8, 4) is 0 Å². The Morgan fingerprint density at radius 1 is 1.25 bits per heavy atom. The number of carbonyl (C=O) groups is 1. The lowest BCUT2D eigenvalue weighted by Crippen LogP contribution is -2.27. The molecule has 0 bridgehead atoms. The van der Waals surface area contributed by atoms with Crippen molar-refractivity contribution >= 4 is 33.4 Å². The van der Waals surface area contributed by atoms with Crippen LogP contribution in [0.25, 0.3) is 0 Å². The lowest BCUT2D eigenvalue weighted by atomic mass is 10.1. The smallest absolute Gasteiger partial charge is 0.253 e. The Bertz CT molecular complexity index is 648. The summed E-state index contributed by atoms with van der Waals surface area (Å²) < 4.78 is 14.3. The molecule has 0 saturated carbocycles. The number of nitrogens with one attached hydrogen (secondary N) is 1. The van der Waals surface area contributed by atoms with E-state index in [2.05, 4.69) is 21.2 Å². The maximum atomic E-state index is 13.7. The van der Waals surface area contributed by atoms with Gasteiger partial charge in [0.15, 0.2) is 0 Å². The van der Waals surface area contributed by atoms with Crippen LogP contribution < -0.4 is 5.32 Å². The highest BCUT2D eigenvalue weighted by Crippen LogP contribution is 2.26. The summed E-state index contributed by atoms with van der Waals surface area (Å²) in [4.78, 5) is 12.2. The molecule has 2 nitrogen and oxygen atoms in total. The van der Waals surface area contributed by atoms with E-state index in [4.69, 9.17) is 11.6 Å². The molecule has 1 atom stereocenters. The summed E-state index contributed by atoms with van der Waals surface area (Å²) in [5.41, 5.74) is 0.788. The second kappa shape index (κ2) is 6.37. The molecule has 2 rings (SSSR count). The Kier molecular flexibility index (Phi) is 4.78. The molecule has 1 N–H and O–H groups in total. The minimum Gasteiger partial charge on any atom is -0.345 e. The van der Waals surface area contributed by atoms with Gasteiger partial charge in [0, 0.05) is 10.0 Å². The Balaban J connectivity index is 2.20. The van der Waals surface area contributed by atoms with Gasteiger partial charge in [-0.25, -0.2) is 4.39 Å². The van der Waals surface area contributed by atoms with Crippen molar-refractivity contribution in [1.29, 1.82) is 0 Å². The van der Waals surface area contributed by atoms with Gasteiger partial charge in [-0.2, -0.15) is 0 Å². The molecule has 0 aliphatic rings. The first kappa shape index (κ1) is 15.0. The summed E-state index contributed by atoms with van der Waals surface area (Å²) in [7, 11) is 0. The zero-order valence-corrected chi connectivity index (χ0v) is 13.0. The molecule has 2 aromatic carbocycles. The van der Waals surface area contributed by atoms with Gasteiger partial charge >= 0.3 is 0 Å². The quantitative estimate of drug-likeness (QED) is 0.846. The van der Waals surface area contributed by atoms with Crippen molar-refractivity contribution in [3.05, 3.63) is 68.9 Å². The fourth-order valence-electron chi connectivity index (χ4n) is 1.86. The van der Waals surface area contributed by atoms with Gasteiger partial charge in [-0.05, 0) is 41.1 Å². The van der Waals surface area contributed by atoms with Crippen LogP contribution in [0.1, 0.15) is 28.9 Å². The number of hydrogen-bond acceptors (Lipinski definition) is 1. The van der Waals surface area contributed by atoms with Crippen LogP contribution in [0.3, 0.4) is 0 Å². The number of halogens is 3. The molecule has 0 aromatic heterocycles. The van der Waals surface area contributed by atoms with Crippen LogP contribution in [0.5, 0.6) is 0 Å². The molecule has 2 aromatic rings. The summed E-state index contributed by atoms with van der Waals surface area (Å²) in [5, 5.41) is 3.08. The monoisotopic (exact) mass is 355 g/mol. The van der Waals surface area contributed by atoms with E-state index in [9.17, 15) is 9.18 Å². The van der Waals surface area contributed by atoms with Gasteiger partial charge < -0.3 is 5.32 Å². The highest BCUT2D eigenvalue weighted by molar-refractivity contribution is 9.10. The molecule has 0 saturated heterocycles. The van der Waals surface area contributed by atoms with E-state index in [0.29, 0.717) is 20.6 Å². The van der Waals surface area contributed by atoms with Gasteiger partial charge in [-0.15, -0.1) is 0 Å². The van der Waals surface area contributed by atoms with E-state index in [0.717, 1.165) is 0 Å². The Hall–Kier alpha value is -1.39. The zero-order valence-electron chi connectivity index (χ0n) is 10.7. The van der Waals surface area contributed by atoms with E-state index in [1.165, 1.54) is 6.07 Å². The van der Waals surface area contributed by atoms with Crippen molar-refractivity contribution in [3.63, 3.8) is 0 Å². The Labute approximate surface area is 130 Å². The third-order valence-corrected chi connectivity index (χ3v) is 4.21. The molecule has 104 valence electrons. The zero-order chi connectivity index (χ0) is 14.7. The minimum atomic E-state index is -0.446. The number of carbonyl (C=O) groups excluding carboxylic acids is 1. The fourth-order valence-corrected chi connectivity index (χ4v) is 2.44. The van der Waals surface area contributed by atoms with Crippen LogP contribution in [0, 0.1) is 5.82 Å². The summed E-state index contributed by atoms with van der Waals surface area (Å²) >= 11 is 9.33. The van der Waals surface area contributed by atoms with Crippen LogP contribution in [0.2, 0.25) is 5.02 Å². The van der Waals surface area contributed by atoms with Crippen LogP contribution >= 0.6 is 27.5 Å². The average Bonchev–Trinajstić information content (AvgIpc) is 2.42. The van der Waals surface area contributed by atoms with Crippen LogP contribution in [0.15, 0.2) is 46.9 Å². The van der Waals surface area contributed by atoms with Gasteiger partial charge in [-0.1, -0.05) is 35.9 Å². The third kappa shape index (κ3) is 3.19. The minimum absolute atomic E-state index is 0.339. The van der Waals surface area contributed by atoms with Crippen LogP contribution in [0.4, 0.5) is 4.39 Å². The summed E-state index contributed by atoms with van der Waals surface area (Å²) in [6, 6.07) is 11.0. The first-order valence-corrected chi connectivity index (χ1v) is 7.17. The van der Waals surface area contributed by atoms with Gasteiger partial charge in [0.2, 0.25) is 0 Å².